The number of halogens is 3. The number of carbonyl (C=O) groups excluding carboxylic acids is 1. The van der Waals surface area contributed by atoms with Crippen molar-refractivity contribution in [2.45, 2.75) is 12.2 Å². The molecule has 1 atom stereocenters. The van der Waals surface area contributed by atoms with Crippen LogP contribution in [0.5, 0.6) is 0 Å². The number of hydrogen-bond acceptors (Lipinski definition) is 5. The van der Waals surface area contributed by atoms with Crippen molar-refractivity contribution in [1.82, 2.24) is 9.88 Å². The third kappa shape index (κ3) is 3.55. The van der Waals surface area contributed by atoms with Crippen molar-refractivity contribution in [2.75, 3.05) is 42.8 Å². The standard InChI is InChI=1S/C14H16F3N3O2S/c15-14(16,17)10-1-2-12(18-7-10)20-9-23-8-11(20)13(21)19-3-5-22-6-4-19/h1-2,7,11H,3-6,8-9H2/t11-/m0/s1. The number of carbonyl (C=O) groups is 1. The summed E-state index contributed by atoms with van der Waals surface area (Å²) in [6.07, 6.45) is -3.59. The first-order valence-corrected chi connectivity index (χ1v) is 8.36. The molecule has 0 radical (unpaired) electrons. The quantitative estimate of drug-likeness (QED) is 0.817. The molecule has 0 spiro atoms. The number of nitrogens with zero attached hydrogens (tertiary/aromatic N) is 3. The molecule has 2 aliphatic rings. The van der Waals surface area contributed by atoms with Gasteiger partial charge in [0.1, 0.15) is 11.9 Å². The van der Waals surface area contributed by atoms with Crippen LogP contribution in [-0.2, 0) is 15.7 Å². The van der Waals surface area contributed by atoms with E-state index in [1.165, 1.54) is 6.07 Å². The molecule has 0 bridgehead atoms. The van der Waals surface area contributed by atoms with Gasteiger partial charge in [-0.3, -0.25) is 4.79 Å². The van der Waals surface area contributed by atoms with Crippen molar-refractivity contribution in [2.24, 2.45) is 0 Å². The molecule has 3 heterocycles. The summed E-state index contributed by atoms with van der Waals surface area (Å²) in [4.78, 5) is 20.0. The van der Waals surface area contributed by atoms with Gasteiger partial charge in [-0.15, -0.1) is 11.8 Å². The van der Waals surface area contributed by atoms with Crippen molar-refractivity contribution in [3.63, 3.8) is 0 Å². The molecule has 2 aliphatic heterocycles. The van der Waals surface area contributed by atoms with Crippen LogP contribution >= 0.6 is 11.8 Å². The summed E-state index contributed by atoms with van der Waals surface area (Å²) in [5, 5.41) is 0. The smallest absolute Gasteiger partial charge is 0.378 e. The zero-order valence-corrected chi connectivity index (χ0v) is 13.1. The maximum absolute atomic E-state index is 12.6. The van der Waals surface area contributed by atoms with Crippen molar-refractivity contribution in [3.8, 4) is 0 Å². The number of pyridine rings is 1. The van der Waals surface area contributed by atoms with Crippen LogP contribution in [0.3, 0.4) is 0 Å². The van der Waals surface area contributed by atoms with E-state index in [0.717, 1.165) is 12.3 Å². The molecule has 2 fully saturated rings. The minimum atomic E-state index is -4.41. The number of rotatable bonds is 2. The highest BCUT2D eigenvalue weighted by Gasteiger charge is 2.36. The molecule has 2 saturated heterocycles. The van der Waals surface area contributed by atoms with E-state index in [1.54, 1.807) is 21.6 Å². The number of anilines is 1. The van der Waals surface area contributed by atoms with Gasteiger partial charge in [-0.2, -0.15) is 13.2 Å². The van der Waals surface area contributed by atoms with E-state index >= 15 is 0 Å². The highest BCUT2D eigenvalue weighted by molar-refractivity contribution is 7.99. The van der Waals surface area contributed by atoms with Gasteiger partial charge in [-0.1, -0.05) is 0 Å². The fourth-order valence-electron chi connectivity index (χ4n) is 2.59. The topological polar surface area (TPSA) is 45.7 Å². The number of ether oxygens (including phenoxy) is 1. The van der Waals surface area contributed by atoms with Gasteiger partial charge in [0, 0.05) is 25.0 Å². The van der Waals surface area contributed by atoms with Crippen LogP contribution in [0, 0.1) is 0 Å². The summed E-state index contributed by atoms with van der Waals surface area (Å²) in [5.41, 5.74) is -0.788. The van der Waals surface area contributed by atoms with Crippen LogP contribution in [0.15, 0.2) is 18.3 Å². The summed E-state index contributed by atoms with van der Waals surface area (Å²) < 4.78 is 43.1. The van der Waals surface area contributed by atoms with Gasteiger partial charge in [-0.25, -0.2) is 4.98 Å². The zero-order chi connectivity index (χ0) is 16.4. The van der Waals surface area contributed by atoms with E-state index < -0.39 is 11.7 Å². The average Bonchev–Trinajstić information content (AvgIpc) is 3.04. The van der Waals surface area contributed by atoms with Crippen molar-refractivity contribution >= 4 is 23.5 Å². The van der Waals surface area contributed by atoms with Crippen LogP contribution < -0.4 is 4.90 Å². The van der Waals surface area contributed by atoms with Gasteiger partial charge in [0.15, 0.2) is 0 Å². The first-order valence-electron chi connectivity index (χ1n) is 7.21. The summed E-state index contributed by atoms with van der Waals surface area (Å²) in [6.45, 7) is 2.14. The van der Waals surface area contributed by atoms with E-state index in [0.29, 0.717) is 43.8 Å². The normalized spacial score (nSPS) is 22.5. The minimum Gasteiger partial charge on any atom is -0.378 e. The fourth-order valence-corrected chi connectivity index (χ4v) is 3.75. The predicted octanol–water partition coefficient (Wildman–Crippen LogP) is 1.84. The Kier molecular flexibility index (Phi) is 4.67. The van der Waals surface area contributed by atoms with Crippen LogP contribution in [0.4, 0.5) is 19.0 Å². The third-order valence-electron chi connectivity index (χ3n) is 3.86. The first-order chi connectivity index (χ1) is 11.0. The highest BCUT2D eigenvalue weighted by Crippen LogP contribution is 2.32. The Morgan fingerprint density at radius 3 is 2.65 bits per heavy atom. The Hall–Kier alpha value is -1.48. The molecule has 0 aliphatic carbocycles. The fraction of sp³-hybridized carbons (Fsp3) is 0.571. The largest absolute Gasteiger partial charge is 0.417 e. The second-order valence-corrected chi connectivity index (χ2v) is 6.33. The lowest BCUT2D eigenvalue weighted by atomic mass is 10.2. The number of alkyl halides is 3. The second-order valence-electron chi connectivity index (χ2n) is 5.33. The maximum atomic E-state index is 12.6. The van der Waals surface area contributed by atoms with E-state index in [1.807, 2.05) is 0 Å². The van der Waals surface area contributed by atoms with Gasteiger partial charge in [-0.05, 0) is 12.1 Å². The first kappa shape index (κ1) is 16.4. The molecule has 0 N–H and O–H groups in total. The van der Waals surface area contributed by atoms with E-state index in [2.05, 4.69) is 4.98 Å². The molecule has 1 amide bonds. The van der Waals surface area contributed by atoms with Crippen LogP contribution in [0.2, 0.25) is 0 Å². The molecule has 0 aromatic carbocycles. The maximum Gasteiger partial charge on any atom is 0.417 e. The number of hydrogen-bond donors (Lipinski definition) is 0. The predicted molar refractivity (Wildman–Crippen MR) is 80.2 cm³/mol. The summed E-state index contributed by atoms with van der Waals surface area (Å²) >= 11 is 1.57. The lowest BCUT2D eigenvalue weighted by molar-refractivity contribution is -0.138. The van der Waals surface area contributed by atoms with Crippen LogP contribution in [0.1, 0.15) is 5.56 Å². The Bertz CT molecular complexity index is 561. The molecule has 126 valence electrons. The monoisotopic (exact) mass is 347 g/mol. The average molecular weight is 347 g/mol. The number of amides is 1. The van der Waals surface area contributed by atoms with Gasteiger partial charge in [0.2, 0.25) is 5.91 Å². The Morgan fingerprint density at radius 2 is 2.04 bits per heavy atom. The summed E-state index contributed by atoms with van der Waals surface area (Å²) in [6, 6.07) is 1.94. The molecule has 1 aromatic rings. The molecule has 3 rings (SSSR count). The van der Waals surface area contributed by atoms with Gasteiger partial charge in [0.25, 0.3) is 0 Å². The molecule has 0 saturated carbocycles. The highest BCUT2D eigenvalue weighted by atomic mass is 32.2. The van der Waals surface area contributed by atoms with Crippen LogP contribution in [-0.4, -0.2) is 59.8 Å². The number of morpholine rings is 1. The SMILES string of the molecule is O=C([C@@H]1CSCN1c1ccc(C(F)(F)F)cn1)N1CCOCC1. The van der Waals surface area contributed by atoms with E-state index in [9.17, 15) is 18.0 Å². The number of aromatic nitrogens is 1. The Labute approximate surface area is 135 Å². The van der Waals surface area contributed by atoms with Gasteiger partial charge >= 0.3 is 6.18 Å². The van der Waals surface area contributed by atoms with Crippen LogP contribution in [0.25, 0.3) is 0 Å². The van der Waals surface area contributed by atoms with Gasteiger partial charge in [0.05, 0.1) is 24.7 Å². The van der Waals surface area contributed by atoms with Crippen molar-refractivity contribution < 1.29 is 22.7 Å². The lowest BCUT2D eigenvalue weighted by Gasteiger charge is -2.32. The second kappa shape index (κ2) is 6.56. The molecule has 9 heteroatoms. The summed E-state index contributed by atoms with van der Waals surface area (Å²) in [7, 11) is 0. The van der Waals surface area contributed by atoms with Crippen molar-refractivity contribution in [3.05, 3.63) is 23.9 Å². The molecular weight excluding hydrogens is 331 g/mol. The Balaban J connectivity index is 1.74. The summed E-state index contributed by atoms with van der Waals surface area (Å²) in [5.74, 6) is 1.53. The molecule has 5 nitrogen and oxygen atoms in total. The van der Waals surface area contributed by atoms with Crippen molar-refractivity contribution in [1.29, 1.82) is 0 Å². The zero-order valence-electron chi connectivity index (χ0n) is 12.3. The molecule has 1 aromatic heterocycles. The van der Waals surface area contributed by atoms with E-state index in [4.69, 9.17) is 4.74 Å². The molecular formula is C14H16F3N3O2S. The Morgan fingerprint density at radius 1 is 1.30 bits per heavy atom. The lowest BCUT2D eigenvalue weighted by Crippen LogP contribution is -2.50. The van der Waals surface area contributed by atoms with Gasteiger partial charge < -0.3 is 14.5 Å². The molecule has 0 unspecified atom stereocenters. The number of thioether (sulfide) groups is 1. The minimum absolute atomic E-state index is 0.0139. The molecule has 23 heavy (non-hydrogen) atoms. The third-order valence-corrected chi connectivity index (χ3v) is 4.87. The van der Waals surface area contributed by atoms with E-state index in [-0.39, 0.29) is 11.9 Å².